The predicted molar refractivity (Wildman–Crippen MR) is 116 cm³/mol. The first-order valence-electron chi connectivity index (χ1n) is 10.1. The largest absolute Gasteiger partial charge is 0.361 e. The Labute approximate surface area is 182 Å². The van der Waals surface area contributed by atoms with Gasteiger partial charge in [0.15, 0.2) is 5.69 Å². The smallest absolute Gasteiger partial charge is 0.275 e. The van der Waals surface area contributed by atoms with Crippen LogP contribution in [-0.2, 0) is 6.42 Å². The highest BCUT2D eigenvalue weighted by Crippen LogP contribution is 2.20. The van der Waals surface area contributed by atoms with Crippen LogP contribution in [0.3, 0.4) is 0 Å². The molecule has 0 aliphatic carbocycles. The number of carbonyl (C=O) groups excluding carboxylic acids is 1. The lowest BCUT2D eigenvalue weighted by atomic mass is 10.1. The van der Waals surface area contributed by atoms with E-state index in [4.69, 9.17) is 4.52 Å². The van der Waals surface area contributed by atoms with E-state index in [1.165, 1.54) is 0 Å². The Morgan fingerprint density at radius 3 is 2.80 bits per heavy atom. The van der Waals surface area contributed by atoms with Crippen molar-refractivity contribution < 1.29 is 9.32 Å². The Bertz CT molecular complexity index is 936. The molecule has 30 heavy (non-hydrogen) atoms. The molecule has 4 rings (SSSR count). The van der Waals surface area contributed by atoms with E-state index in [-0.39, 0.29) is 18.3 Å². The number of hydrogen-bond donors (Lipinski definition) is 1. The quantitative estimate of drug-likeness (QED) is 0.619. The lowest BCUT2D eigenvalue weighted by Crippen LogP contribution is -2.30. The van der Waals surface area contributed by atoms with E-state index in [1.807, 2.05) is 41.1 Å². The Morgan fingerprint density at radius 2 is 2.03 bits per heavy atom. The maximum Gasteiger partial charge on any atom is 0.275 e. The van der Waals surface area contributed by atoms with Crippen molar-refractivity contribution in [1.82, 2.24) is 30.4 Å². The van der Waals surface area contributed by atoms with Gasteiger partial charge < -0.3 is 14.7 Å². The molecule has 1 aliphatic rings. The number of rotatable bonds is 7. The van der Waals surface area contributed by atoms with Gasteiger partial charge in [-0.2, -0.15) is 0 Å². The molecule has 9 heteroatoms. The molecule has 1 fully saturated rings. The minimum Gasteiger partial charge on any atom is -0.361 e. The topological polar surface area (TPSA) is 89.1 Å². The first-order chi connectivity index (χ1) is 14.2. The normalized spacial score (nSPS) is 14.3. The van der Waals surface area contributed by atoms with Crippen LogP contribution in [0.5, 0.6) is 0 Å². The first kappa shape index (κ1) is 22.0. The van der Waals surface area contributed by atoms with Gasteiger partial charge in [-0.1, -0.05) is 40.7 Å². The van der Waals surface area contributed by atoms with Crippen molar-refractivity contribution in [1.29, 1.82) is 0 Å². The van der Waals surface area contributed by atoms with E-state index >= 15 is 0 Å². The maximum absolute atomic E-state index is 12.6. The number of nitrogens with one attached hydrogen (secondary N) is 1. The van der Waals surface area contributed by atoms with Crippen LogP contribution in [-0.4, -0.2) is 57.6 Å². The van der Waals surface area contributed by atoms with E-state index in [1.54, 1.807) is 18.1 Å². The summed E-state index contributed by atoms with van der Waals surface area (Å²) in [6.07, 6.45) is 5.30. The molecule has 0 radical (unpaired) electrons. The van der Waals surface area contributed by atoms with Crippen molar-refractivity contribution in [3.63, 3.8) is 0 Å². The van der Waals surface area contributed by atoms with Gasteiger partial charge in [0.25, 0.3) is 5.91 Å². The second-order valence-corrected chi connectivity index (χ2v) is 7.44. The first-order valence-corrected chi connectivity index (χ1v) is 10.1. The lowest BCUT2D eigenvalue weighted by molar-refractivity contribution is 0.0787. The molecule has 0 unspecified atom stereocenters. The molecule has 160 valence electrons. The third-order valence-electron chi connectivity index (χ3n) is 5.30. The monoisotopic (exact) mass is 430 g/mol. The van der Waals surface area contributed by atoms with Crippen molar-refractivity contribution >= 4 is 18.3 Å². The number of aromatic nitrogens is 4. The molecule has 3 heterocycles. The molecule has 2 aromatic heterocycles. The number of benzene rings is 1. The number of piperidine rings is 1. The van der Waals surface area contributed by atoms with Gasteiger partial charge in [-0.25, -0.2) is 4.68 Å². The second-order valence-electron chi connectivity index (χ2n) is 7.44. The number of hydrogen-bond acceptors (Lipinski definition) is 6. The van der Waals surface area contributed by atoms with Crippen molar-refractivity contribution in [3.05, 3.63) is 54.0 Å². The van der Waals surface area contributed by atoms with Gasteiger partial charge in [-0.15, -0.1) is 17.5 Å². The van der Waals surface area contributed by atoms with Crippen LogP contribution >= 0.6 is 12.4 Å². The fourth-order valence-corrected chi connectivity index (χ4v) is 3.59. The van der Waals surface area contributed by atoms with E-state index in [0.717, 1.165) is 55.8 Å². The van der Waals surface area contributed by atoms with Gasteiger partial charge in [-0.3, -0.25) is 4.79 Å². The van der Waals surface area contributed by atoms with Crippen LogP contribution in [0, 0.1) is 0 Å². The molecule has 0 bridgehead atoms. The van der Waals surface area contributed by atoms with Gasteiger partial charge >= 0.3 is 0 Å². The molecular formula is C21H27ClN6O2. The summed E-state index contributed by atoms with van der Waals surface area (Å²) in [5.41, 5.74) is 2.27. The van der Waals surface area contributed by atoms with Crippen LogP contribution in [0.15, 0.2) is 47.1 Å². The summed E-state index contributed by atoms with van der Waals surface area (Å²) in [6.45, 7) is 2.56. The molecule has 8 nitrogen and oxygen atoms in total. The summed E-state index contributed by atoms with van der Waals surface area (Å²) >= 11 is 0. The molecule has 3 aromatic rings. The van der Waals surface area contributed by atoms with Crippen molar-refractivity contribution in [2.24, 2.45) is 0 Å². The average Bonchev–Trinajstić information content (AvgIpc) is 3.45. The van der Waals surface area contributed by atoms with Crippen LogP contribution in [0.1, 0.15) is 41.6 Å². The Kier molecular flexibility index (Phi) is 7.59. The molecular weight excluding hydrogens is 404 g/mol. The summed E-state index contributed by atoms with van der Waals surface area (Å²) in [7, 11) is 1.79. The van der Waals surface area contributed by atoms with Gasteiger partial charge in [0.2, 0.25) is 0 Å². The number of carbonyl (C=O) groups is 1. The van der Waals surface area contributed by atoms with Crippen molar-refractivity contribution in [2.45, 2.75) is 31.7 Å². The number of nitrogens with zero attached hydrogens (tertiary/aromatic N) is 5. The van der Waals surface area contributed by atoms with Crippen molar-refractivity contribution in [3.8, 4) is 11.3 Å². The third kappa shape index (κ3) is 5.25. The van der Waals surface area contributed by atoms with E-state index in [2.05, 4.69) is 20.8 Å². The highest BCUT2D eigenvalue weighted by Gasteiger charge is 2.20. The Morgan fingerprint density at radius 1 is 1.27 bits per heavy atom. The minimum absolute atomic E-state index is 0. The number of amides is 1. The molecule has 1 saturated heterocycles. The molecule has 0 spiro atoms. The van der Waals surface area contributed by atoms with E-state index in [9.17, 15) is 4.79 Å². The summed E-state index contributed by atoms with van der Waals surface area (Å²) < 4.78 is 7.27. The zero-order chi connectivity index (χ0) is 20.1. The highest BCUT2D eigenvalue weighted by atomic mass is 35.5. The van der Waals surface area contributed by atoms with Crippen molar-refractivity contribution in [2.75, 3.05) is 26.7 Å². The summed E-state index contributed by atoms with van der Waals surface area (Å²) in [5.74, 6) is 0.717. The predicted octanol–water partition coefficient (Wildman–Crippen LogP) is 2.98. The SMILES string of the molecule is CN(CCCc1cc(-c2ccccc2)no1)C(=O)c1cn(C2CCNCC2)nn1.Cl. The fraction of sp³-hybridized carbons (Fsp3) is 0.429. The van der Waals surface area contributed by atoms with E-state index in [0.29, 0.717) is 18.3 Å². The molecule has 1 aromatic carbocycles. The molecule has 1 N–H and O–H groups in total. The van der Waals surface area contributed by atoms with Gasteiger partial charge in [0.05, 0.1) is 12.2 Å². The van der Waals surface area contributed by atoms with E-state index < -0.39 is 0 Å². The molecule has 0 saturated carbocycles. The van der Waals surface area contributed by atoms with Gasteiger partial charge in [0.1, 0.15) is 11.5 Å². The van der Waals surface area contributed by atoms with Crippen LogP contribution in [0.2, 0.25) is 0 Å². The minimum atomic E-state index is -0.104. The molecule has 1 amide bonds. The number of aryl methyl sites for hydroxylation is 1. The summed E-state index contributed by atoms with van der Waals surface area (Å²) in [6, 6.07) is 12.2. The number of halogens is 1. The third-order valence-corrected chi connectivity index (χ3v) is 5.30. The maximum atomic E-state index is 12.6. The summed E-state index contributed by atoms with van der Waals surface area (Å²) in [4.78, 5) is 14.3. The van der Waals surface area contributed by atoms with Crippen LogP contribution < -0.4 is 5.32 Å². The zero-order valence-corrected chi connectivity index (χ0v) is 17.8. The molecule has 1 aliphatic heterocycles. The van der Waals surface area contributed by atoms with Gasteiger partial charge in [0, 0.05) is 31.6 Å². The van der Waals surface area contributed by atoms with Gasteiger partial charge in [-0.05, 0) is 32.4 Å². The standard InChI is InChI=1S/C21H26N6O2.ClH/c1-26(21(28)20-15-27(25-23-20)17-9-11-22-12-10-17)13-5-8-18-14-19(24-29-18)16-6-3-2-4-7-16;/h2-4,6-7,14-15,17,22H,5,8-13H2,1H3;1H. The molecule has 0 atom stereocenters. The summed E-state index contributed by atoms with van der Waals surface area (Å²) in [5, 5.41) is 15.7. The zero-order valence-electron chi connectivity index (χ0n) is 17.0. The fourth-order valence-electron chi connectivity index (χ4n) is 3.59. The Balaban J connectivity index is 0.00000256. The lowest BCUT2D eigenvalue weighted by Gasteiger charge is -2.22. The second kappa shape index (κ2) is 10.4. The average molecular weight is 431 g/mol. The highest BCUT2D eigenvalue weighted by molar-refractivity contribution is 5.91. The van der Waals surface area contributed by atoms with Crippen LogP contribution in [0.4, 0.5) is 0 Å². The van der Waals surface area contributed by atoms with Crippen LogP contribution in [0.25, 0.3) is 11.3 Å². The Hall–Kier alpha value is -2.71.